The Hall–Kier alpha value is -2.12. The lowest BCUT2D eigenvalue weighted by molar-refractivity contribution is -0.143. The van der Waals surface area contributed by atoms with Gasteiger partial charge in [0.2, 0.25) is 11.8 Å². The number of morpholine rings is 1. The SMILES string of the molecule is CC1CCC[C@@H](N(CC(=O)N2CCOCC2)C2(Cc3cccc(Cl)c3)C(=O)Nc3cc(Cl)ccc32)C1. The maximum atomic E-state index is 14.1. The highest BCUT2D eigenvalue weighted by atomic mass is 35.5. The number of carbonyl (C=O) groups is 2. The predicted molar refractivity (Wildman–Crippen MR) is 142 cm³/mol. The summed E-state index contributed by atoms with van der Waals surface area (Å²) in [5.41, 5.74) is 1.48. The lowest BCUT2D eigenvalue weighted by atomic mass is 9.78. The van der Waals surface area contributed by atoms with Gasteiger partial charge in [-0.05, 0) is 48.6 Å². The zero-order valence-electron chi connectivity index (χ0n) is 20.6. The highest BCUT2D eigenvalue weighted by molar-refractivity contribution is 6.31. The van der Waals surface area contributed by atoms with Crippen LogP contribution >= 0.6 is 23.2 Å². The third-order valence-electron chi connectivity index (χ3n) is 7.91. The lowest BCUT2D eigenvalue weighted by Crippen LogP contribution is -2.60. The first-order chi connectivity index (χ1) is 17.4. The number of benzene rings is 2. The fourth-order valence-electron chi connectivity index (χ4n) is 6.15. The van der Waals surface area contributed by atoms with E-state index in [2.05, 4.69) is 17.1 Å². The van der Waals surface area contributed by atoms with Crippen LogP contribution in [0.4, 0.5) is 5.69 Å². The molecule has 2 aromatic rings. The number of carbonyl (C=O) groups excluding carboxylic acids is 2. The van der Waals surface area contributed by atoms with Gasteiger partial charge in [-0.2, -0.15) is 0 Å². The standard InChI is InChI=1S/C28H33Cl2N3O3/c1-19-4-2-7-23(14-19)33(18-26(34)32-10-12-36-13-11-32)28(17-20-5-3-6-21(29)15-20)24-9-8-22(30)16-25(24)31-27(28)35/h3,5-6,8-9,15-16,19,23H,2,4,7,10-14,17-18H2,1H3,(H,31,35)/t19?,23-,28?/m1/s1. The molecule has 6 nitrogen and oxygen atoms in total. The summed E-state index contributed by atoms with van der Waals surface area (Å²) in [7, 11) is 0. The van der Waals surface area contributed by atoms with E-state index in [1.165, 1.54) is 6.42 Å². The Morgan fingerprint density at radius 2 is 1.92 bits per heavy atom. The van der Waals surface area contributed by atoms with E-state index in [4.69, 9.17) is 27.9 Å². The minimum absolute atomic E-state index is 0.0391. The number of nitrogens with zero attached hydrogens (tertiary/aromatic N) is 2. The van der Waals surface area contributed by atoms with Gasteiger partial charge >= 0.3 is 0 Å². The van der Waals surface area contributed by atoms with Crippen molar-refractivity contribution in [2.75, 3.05) is 38.2 Å². The normalized spacial score (nSPS) is 26.1. The summed E-state index contributed by atoms with van der Waals surface area (Å²) >= 11 is 12.7. The Labute approximate surface area is 222 Å². The first-order valence-electron chi connectivity index (χ1n) is 12.8. The molecule has 8 heteroatoms. The number of anilines is 1. The Bertz CT molecular complexity index is 1140. The van der Waals surface area contributed by atoms with Crippen LogP contribution in [0.1, 0.15) is 43.7 Å². The van der Waals surface area contributed by atoms with E-state index < -0.39 is 5.54 Å². The molecule has 0 aromatic heterocycles. The molecular formula is C28H33Cl2N3O3. The molecular weight excluding hydrogens is 497 g/mol. The predicted octanol–water partition coefficient (Wildman–Crippen LogP) is 5.12. The summed E-state index contributed by atoms with van der Waals surface area (Å²) in [6.07, 6.45) is 4.56. The number of hydrogen-bond donors (Lipinski definition) is 1. The van der Waals surface area contributed by atoms with Gasteiger partial charge in [-0.1, -0.05) is 61.2 Å². The van der Waals surface area contributed by atoms with Crippen LogP contribution in [0, 0.1) is 5.92 Å². The van der Waals surface area contributed by atoms with Gasteiger partial charge in [-0.15, -0.1) is 0 Å². The van der Waals surface area contributed by atoms with Crippen LogP contribution in [-0.4, -0.2) is 60.5 Å². The molecule has 2 amide bonds. The molecule has 1 aliphatic carbocycles. The first-order valence-corrected chi connectivity index (χ1v) is 13.6. The average molecular weight is 530 g/mol. The first kappa shape index (κ1) is 25.5. The molecule has 5 rings (SSSR count). The van der Waals surface area contributed by atoms with Gasteiger partial charge in [0.25, 0.3) is 0 Å². The summed E-state index contributed by atoms with van der Waals surface area (Å²) in [6, 6.07) is 13.3. The van der Waals surface area contributed by atoms with E-state index in [1.807, 2.05) is 41.3 Å². The van der Waals surface area contributed by atoms with Gasteiger partial charge in [0.05, 0.1) is 19.8 Å². The molecule has 2 aliphatic heterocycles. The van der Waals surface area contributed by atoms with E-state index in [0.717, 1.165) is 30.4 Å². The Morgan fingerprint density at radius 3 is 2.67 bits per heavy atom. The van der Waals surface area contributed by atoms with Crippen molar-refractivity contribution in [3.63, 3.8) is 0 Å². The van der Waals surface area contributed by atoms with Crippen molar-refractivity contribution in [1.29, 1.82) is 0 Å². The minimum Gasteiger partial charge on any atom is -0.378 e. The number of ether oxygens (including phenoxy) is 1. The molecule has 3 aliphatic rings. The fraction of sp³-hybridized carbons (Fsp3) is 0.500. The summed E-state index contributed by atoms with van der Waals surface area (Å²) in [5.74, 6) is 0.451. The van der Waals surface area contributed by atoms with Crippen LogP contribution < -0.4 is 5.32 Å². The Kier molecular flexibility index (Phi) is 7.59. The molecule has 3 atom stereocenters. The Morgan fingerprint density at radius 1 is 1.14 bits per heavy atom. The molecule has 2 fully saturated rings. The second-order valence-electron chi connectivity index (χ2n) is 10.4. The van der Waals surface area contributed by atoms with Crippen LogP contribution in [-0.2, 0) is 26.3 Å². The molecule has 0 bridgehead atoms. The number of fused-ring (bicyclic) bond motifs is 1. The van der Waals surface area contributed by atoms with E-state index in [1.54, 1.807) is 6.07 Å². The van der Waals surface area contributed by atoms with Crippen LogP contribution in [0.25, 0.3) is 0 Å². The molecule has 36 heavy (non-hydrogen) atoms. The summed E-state index contributed by atoms with van der Waals surface area (Å²) in [6.45, 7) is 4.68. The second-order valence-corrected chi connectivity index (χ2v) is 11.2. The highest BCUT2D eigenvalue weighted by Gasteiger charge is 2.54. The molecule has 0 spiro atoms. The van der Waals surface area contributed by atoms with Crippen molar-refractivity contribution < 1.29 is 14.3 Å². The molecule has 1 saturated carbocycles. The van der Waals surface area contributed by atoms with Crippen molar-refractivity contribution in [1.82, 2.24) is 9.80 Å². The van der Waals surface area contributed by atoms with Crippen LogP contribution in [0.2, 0.25) is 10.0 Å². The molecule has 0 radical (unpaired) electrons. The summed E-state index contributed by atoms with van der Waals surface area (Å²) in [4.78, 5) is 31.8. The molecule has 2 aromatic carbocycles. The van der Waals surface area contributed by atoms with Crippen LogP contribution in [0.5, 0.6) is 0 Å². The molecule has 2 unspecified atom stereocenters. The van der Waals surface area contributed by atoms with Crippen molar-refractivity contribution in [3.05, 3.63) is 63.6 Å². The highest BCUT2D eigenvalue weighted by Crippen LogP contribution is 2.47. The van der Waals surface area contributed by atoms with E-state index in [9.17, 15) is 9.59 Å². The summed E-state index contributed by atoms with van der Waals surface area (Å²) in [5, 5.41) is 4.29. The average Bonchev–Trinajstić information content (AvgIpc) is 3.13. The van der Waals surface area contributed by atoms with Crippen molar-refractivity contribution in [2.24, 2.45) is 5.92 Å². The van der Waals surface area contributed by atoms with Gasteiger partial charge in [0.1, 0.15) is 5.54 Å². The zero-order chi connectivity index (χ0) is 25.3. The van der Waals surface area contributed by atoms with Crippen molar-refractivity contribution >= 4 is 40.7 Å². The fourth-order valence-corrected chi connectivity index (χ4v) is 6.54. The van der Waals surface area contributed by atoms with Crippen molar-refractivity contribution in [2.45, 2.75) is 50.6 Å². The van der Waals surface area contributed by atoms with Gasteiger partial charge in [-0.3, -0.25) is 14.5 Å². The molecule has 192 valence electrons. The van der Waals surface area contributed by atoms with Gasteiger partial charge < -0.3 is 15.0 Å². The lowest BCUT2D eigenvalue weighted by Gasteiger charge is -2.47. The third kappa shape index (κ3) is 5.01. The van der Waals surface area contributed by atoms with Gasteiger partial charge in [0.15, 0.2) is 0 Å². The second kappa shape index (κ2) is 10.7. The maximum Gasteiger partial charge on any atom is 0.249 e. The number of nitrogens with one attached hydrogen (secondary N) is 1. The summed E-state index contributed by atoms with van der Waals surface area (Å²) < 4.78 is 5.47. The maximum absolute atomic E-state index is 14.1. The van der Waals surface area contributed by atoms with Crippen LogP contribution in [0.3, 0.4) is 0 Å². The monoisotopic (exact) mass is 529 g/mol. The molecule has 1 N–H and O–H groups in total. The number of amides is 2. The zero-order valence-corrected chi connectivity index (χ0v) is 22.2. The smallest absolute Gasteiger partial charge is 0.249 e. The quantitative estimate of drug-likeness (QED) is 0.563. The number of rotatable bonds is 6. The molecule has 1 saturated heterocycles. The van der Waals surface area contributed by atoms with E-state index in [-0.39, 0.29) is 24.4 Å². The van der Waals surface area contributed by atoms with Crippen molar-refractivity contribution in [3.8, 4) is 0 Å². The topological polar surface area (TPSA) is 61.9 Å². The minimum atomic E-state index is -1.05. The van der Waals surface area contributed by atoms with Gasteiger partial charge in [-0.25, -0.2) is 0 Å². The Balaban J connectivity index is 1.62. The largest absolute Gasteiger partial charge is 0.378 e. The molecule has 2 heterocycles. The van der Waals surface area contributed by atoms with E-state index in [0.29, 0.717) is 54.4 Å². The van der Waals surface area contributed by atoms with E-state index >= 15 is 0 Å². The third-order valence-corrected chi connectivity index (χ3v) is 8.38. The number of hydrogen-bond acceptors (Lipinski definition) is 4. The van der Waals surface area contributed by atoms with Gasteiger partial charge in [0, 0.05) is 46.8 Å². The number of halogens is 2. The van der Waals surface area contributed by atoms with Crippen LogP contribution in [0.15, 0.2) is 42.5 Å².